The molecule has 1 aromatic carbocycles. The molecule has 10 nitrogen and oxygen atoms in total. The van der Waals surface area contributed by atoms with Gasteiger partial charge >= 0.3 is 6.01 Å². The molecule has 12 heteroatoms. The van der Waals surface area contributed by atoms with E-state index in [0.717, 1.165) is 11.5 Å². The van der Waals surface area contributed by atoms with E-state index in [9.17, 15) is 13.2 Å². The number of nitrogens with zero attached hydrogens (tertiary/aromatic N) is 5. The van der Waals surface area contributed by atoms with Gasteiger partial charge in [0.25, 0.3) is 11.8 Å². The van der Waals surface area contributed by atoms with Crippen LogP contribution in [0, 0.1) is 0 Å². The molecule has 3 rings (SSSR count). The summed E-state index contributed by atoms with van der Waals surface area (Å²) in [4.78, 5) is 12.4. The summed E-state index contributed by atoms with van der Waals surface area (Å²) in [5.41, 5.74) is 0.669. The maximum Gasteiger partial charge on any atom is 0.322 e. The largest absolute Gasteiger partial charge is 0.401 e. The average molecular weight is 408 g/mol. The lowest BCUT2D eigenvalue weighted by Gasteiger charge is -2.18. The monoisotopic (exact) mass is 408 g/mol. The second kappa shape index (κ2) is 7.90. The number of benzene rings is 1. The molecule has 0 fully saturated rings. The Labute approximate surface area is 159 Å². The van der Waals surface area contributed by atoms with Crippen molar-refractivity contribution in [1.82, 2.24) is 24.1 Å². The van der Waals surface area contributed by atoms with Crippen LogP contribution in [-0.2, 0) is 10.0 Å². The minimum atomic E-state index is -3.58. The Kier molecular flexibility index (Phi) is 5.58. The van der Waals surface area contributed by atoms with Gasteiger partial charge in [0.05, 0.1) is 4.90 Å². The predicted octanol–water partition coefficient (Wildman–Crippen LogP) is 1.87. The second-order valence-corrected chi connectivity index (χ2v) is 7.82. The molecule has 1 N–H and O–H groups in total. The summed E-state index contributed by atoms with van der Waals surface area (Å²) in [6.45, 7) is 4.27. The molecule has 0 aliphatic heterocycles. The molecule has 0 spiro atoms. The summed E-state index contributed by atoms with van der Waals surface area (Å²) in [5, 5.41) is 15.4. The number of carbonyl (C=O) groups is 1. The Bertz CT molecular complexity index is 1010. The molecule has 2 heterocycles. The van der Waals surface area contributed by atoms with Gasteiger partial charge in [-0.2, -0.15) is 4.31 Å². The highest BCUT2D eigenvalue weighted by molar-refractivity contribution is 7.89. The molecule has 27 heavy (non-hydrogen) atoms. The van der Waals surface area contributed by atoms with Crippen molar-refractivity contribution >= 4 is 33.5 Å². The van der Waals surface area contributed by atoms with Gasteiger partial charge in [0.1, 0.15) is 0 Å². The van der Waals surface area contributed by atoms with Gasteiger partial charge in [0.15, 0.2) is 5.69 Å². The lowest BCUT2D eigenvalue weighted by atomic mass is 10.2. The van der Waals surface area contributed by atoms with E-state index in [1.807, 2.05) is 0 Å². The summed E-state index contributed by atoms with van der Waals surface area (Å²) < 4.78 is 35.3. The molecular formula is C15H16N6O4S2. The highest BCUT2D eigenvalue weighted by Crippen LogP contribution is 2.19. The fourth-order valence-corrected chi connectivity index (χ4v) is 4.18. The molecule has 0 saturated heterocycles. The topological polar surface area (TPSA) is 131 Å². The average Bonchev–Trinajstić information content (AvgIpc) is 3.34. The molecule has 0 aliphatic carbocycles. The molecule has 0 unspecified atom stereocenters. The standard InChI is InChI=1S/C15H16N6O4S2/c1-3-21(4-2)27(23,24)11-7-5-10(6-8-11)13(22)16-15-19-18-14(25-15)12-9-26-20-17-12/h5-9H,3-4H2,1-2H3,(H,16,19,22). The van der Waals surface area contributed by atoms with E-state index in [0.29, 0.717) is 18.8 Å². The highest BCUT2D eigenvalue weighted by atomic mass is 32.2. The quantitative estimate of drug-likeness (QED) is 0.627. The maximum absolute atomic E-state index is 12.5. The van der Waals surface area contributed by atoms with Crippen molar-refractivity contribution in [1.29, 1.82) is 0 Å². The van der Waals surface area contributed by atoms with E-state index in [1.165, 1.54) is 28.6 Å². The lowest BCUT2D eigenvalue weighted by Crippen LogP contribution is -2.30. The van der Waals surface area contributed by atoms with Crippen molar-refractivity contribution in [2.45, 2.75) is 18.7 Å². The van der Waals surface area contributed by atoms with Crippen LogP contribution in [0.4, 0.5) is 6.01 Å². The Morgan fingerprint density at radius 3 is 2.44 bits per heavy atom. The zero-order valence-electron chi connectivity index (χ0n) is 14.5. The Morgan fingerprint density at radius 1 is 1.15 bits per heavy atom. The van der Waals surface area contributed by atoms with Crippen LogP contribution in [0.5, 0.6) is 0 Å². The number of amides is 1. The van der Waals surface area contributed by atoms with Gasteiger partial charge in [0.2, 0.25) is 10.0 Å². The number of rotatable bonds is 7. The zero-order valence-corrected chi connectivity index (χ0v) is 16.1. The van der Waals surface area contributed by atoms with Gasteiger partial charge in [0, 0.05) is 24.0 Å². The van der Waals surface area contributed by atoms with Crippen LogP contribution >= 0.6 is 11.5 Å². The van der Waals surface area contributed by atoms with E-state index in [1.54, 1.807) is 19.2 Å². The molecule has 0 radical (unpaired) electrons. The minimum Gasteiger partial charge on any atom is -0.401 e. The van der Waals surface area contributed by atoms with Crippen LogP contribution in [0.15, 0.2) is 39.0 Å². The predicted molar refractivity (Wildman–Crippen MR) is 97.7 cm³/mol. The van der Waals surface area contributed by atoms with Crippen molar-refractivity contribution in [2.75, 3.05) is 18.4 Å². The summed E-state index contributed by atoms with van der Waals surface area (Å²) in [6.07, 6.45) is 0. The first-order valence-corrected chi connectivity index (χ1v) is 10.3. The van der Waals surface area contributed by atoms with Crippen molar-refractivity contribution < 1.29 is 17.6 Å². The number of hydrogen-bond acceptors (Lipinski definition) is 9. The van der Waals surface area contributed by atoms with Gasteiger partial charge in [-0.05, 0) is 35.8 Å². The smallest absolute Gasteiger partial charge is 0.322 e. The zero-order chi connectivity index (χ0) is 19.4. The van der Waals surface area contributed by atoms with Crippen LogP contribution in [0.1, 0.15) is 24.2 Å². The summed E-state index contributed by atoms with van der Waals surface area (Å²) in [6, 6.07) is 5.54. The molecular weight excluding hydrogens is 392 g/mol. The van der Waals surface area contributed by atoms with E-state index in [-0.39, 0.29) is 22.4 Å². The summed E-state index contributed by atoms with van der Waals surface area (Å²) in [7, 11) is -3.58. The van der Waals surface area contributed by atoms with Crippen molar-refractivity contribution in [3.8, 4) is 11.6 Å². The SMILES string of the molecule is CCN(CC)S(=O)(=O)c1ccc(C(=O)Nc2nnc(-c3csnn3)o2)cc1. The van der Waals surface area contributed by atoms with Gasteiger partial charge < -0.3 is 4.42 Å². The third-order valence-electron chi connectivity index (χ3n) is 3.68. The first-order chi connectivity index (χ1) is 13.0. The Morgan fingerprint density at radius 2 is 1.85 bits per heavy atom. The van der Waals surface area contributed by atoms with Crippen LogP contribution < -0.4 is 5.32 Å². The Hall–Kier alpha value is -2.70. The number of anilines is 1. The molecule has 0 aliphatic rings. The number of aromatic nitrogens is 4. The van der Waals surface area contributed by atoms with E-state index in [2.05, 4.69) is 25.1 Å². The minimum absolute atomic E-state index is 0.0946. The van der Waals surface area contributed by atoms with E-state index >= 15 is 0 Å². The van der Waals surface area contributed by atoms with E-state index in [4.69, 9.17) is 4.42 Å². The molecule has 0 saturated carbocycles. The number of nitrogens with one attached hydrogen (secondary N) is 1. The first kappa shape index (κ1) is 19.1. The van der Waals surface area contributed by atoms with Gasteiger partial charge in [-0.1, -0.05) is 23.4 Å². The lowest BCUT2D eigenvalue weighted by molar-refractivity contribution is 0.102. The van der Waals surface area contributed by atoms with Crippen LogP contribution in [0.3, 0.4) is 0 Å². The molecule has 142 valence electrons. The van der Waals surface area contributed by atoms with Crippen LogP contribution in [0.25, 0.3) is 11.6 Å². The second-order valence-electron chi connectivity index (χ2n) is 5.27. The third-order valence-corrected chi connectivity index (χ3v) is 6.25. The summed E-state index contributed by atoms with van der Waals surface area (Å²) >= 11 is 1.13. The Balaban J connectivity index is 1.73. The maximum atomic E-state index is 12.5. The normalized spacial score (nSPS) is 11.7. The van der Waals surface area contributed by atoms with Gasteiger partial charge in [-0.15, -0.1) is 10.2 Å². The fourth-order valence-electron chi connectivity index (χ4n) is 2.30. The van der Waals surface area contributed by atoms with Crippen LogP contribution in [0.2, 0.25) is 0 Å². The van der Waals surface area contributed by atoms with Gasteiger partial charge in [-0.3, -0.25) is 10.1 Å². The number of carbonyl (C=O) groups excluding carboxylic acids is 1. The molecule has 3 aromatic rings. The third kappa shape index (κ3) is 4.02. The molecule has 1 amide bonds. The van der Waals surface area contributed by atoms with Crippen molar-refractivity contribution in [2.24, 2.45) is 0 Å². The first-order valence-electron chi connectivity index (χ1n) is 7.98. The van der Waals surface area contributed by atoms with Gasteiger partial charge in [-0.25, -0.2) is 8.42 Å². The number of sulfonamides is 1. The molecule has 0 bridgehead atoms. The van der Waals surface area contributed by atoms with Crippen LogP contribution in [-0.4, -0.2) is 51.5 Å². The molecule has 0 atom stereocenters. The summed E-state index contributed by atoms with van der Waals surface area (Å²) in [5.74, 6) is -0.367. The van der Waals surface area contributed by atoms with Crippen molar-refractivity contribution in [3.05, 3.63) is 35.2 Å². The molecule has 2 aromatic heterocycles. The fraction of sp³-hybridized carbons (Fsp3) is 0.267. The van der Waals surface area contributed by atoms with E-state index < -0.39 is 15.9 Å². The number of hydrogen-bond donors (Lipinski definition) is 1. The van der Waals surface area contributed by atoms with Crippen molar-refractivity contribution in [3.63, 3.8) is 0 Å². The highest BCUT2D eigenvalue weighted by Gasteiger charge is 2.22.